The first-order valence-electron chi connectivity index (χ1n) is 39.6. The zero-order valence-electron chi connectivity index (χ0n) is 65.9. The van der Waals surface area contributed by atoms with Crippen LogP contribution >= 0.6 is 22.7 Å². The molecule has 618 valence electrons. The maximum Gasteiger partial charge on any atom is 0.272 e. The van der Waals surface area contributed by atoms with E-state index in [2.05, 4.69) is 86.4 Å². The summed E-state index contributed by atoms with van der Waals surface area (Å²) in [7, 11) is -10.7. The summed E-state index contributed by atoms with van der Waals surface area (Å²) in [6.07, 6.45) is 30.0. The Balaban J connectivity index is 0.000000130. The number of thiazole rings is 2. The maximum atomic E-state index is 12.8. The fraction of sp³-hybridized carbons (Fsp3) is 0.386. The van der Waals surface area contributed by atoms with Gasteiger partial charge in [0.1, 0.15) is 38.9 Å². The summed E-state index contributed by atoms with van der Waals surface area (Å²) < 4.78 is 103. The van der Waals surface area contributed by atoms with Crippen molar-refractivity contribution in [2.24, 2.45) is 23.7 Å². The SMILES string of the molecule is CCCS(=O)(=O)CC1CC(Nc2c(-c3cc(C(=O)CC)ccn3)cnc3[nH]ccc23)C1.CCCS(=O)(=O)CC1CC(Nc2c(-c3nc(C(=O)NC)co3)cnc3[nH]ccc23)C1.CCCS(=O)(=O)CC1CC(Nc2c(-c3nccs3)cnc3[nH]ccc23)C1.N#Cc1cccc(S(=O)(=O)CC2CC(Nc3c(-c4nccs4)cnc4[nH]ccc34)C2)c1. The highest BCUT2D eigenvalue weighted by Crippen LogP contribution is 2.44. The van der Waals surface area contributed by atoms with E-state index in [-0.39, 0.29) is 98.9 Å². The number of sulfone groups is 4. The minimum Gasteiger partial charge on any atom is -0.443 e. The van der Waals surface area contributed by atoms with Crippen LogP contribution in [-0.2, 0) is 39.3 Å². The molecule has 4 saturated carbocycles. The number of carbonyl (C=O) groups is 2. The van der Waals surface area contributed by atoms with Gasteiger partial charge in [-0.15, -0.1) is 22.7 Å². The molecule has 4 fully saturated rings. The van der Waals surface area contributed by atoms with Crippen LogP contribution in [0.5, 0.6) is 0 Å². The summed E-state index contributed by atoms with van der Waals surface area (Å²) in [5, 5.41) is 35.5. The summed E-state index contributed by atoms with van der Waals surface area (Å²) in [6, 6.07) is 20.5. The summed E-state index contributed by atoms with van der Waals surface area (Å²) in [5.74, 6) is 2.49. The van der Waals surface area contributed by atoms with Gasteiger partial charge < -0.3 is 50.9 Å². The van der Waals surface area contributed by atoms with Gasteiger partial charge in [-0.05, 0) is 149 Å². The fourth-order valence-electron chi connectivity index (χ4n) is 15.8. The average molecular weight is 1710 g/mol. The number of carbonyl (C=O) groups excluding carboxylic acids is 2. The second-order valence-corrected chi connectivity index (χ2v) is 41.1. The van der Waals surface area contributed by atoms with Gasteiger partial charge in [-0.25, -0.2) is 68.6 Å². The molecule has 12 heterocycles. The third kappa shape index (κ3) is 19.8. The van der Waals surface area contributed by atoms with E-state index < -0.39 is 39.3 Å². The topological polar surface area (TPSA) is 434 Å². The maximum absolute atomic E-state index is 12.8. The van der Waals surface area contributed by atoms with Gasteiger partial charge in [0.15, 0.2) is 50.8 Å². The number of hydrogen-bond donors (Lipinski definition) is 9. The molecule has 0 unspecified atom stereocenters. The summed E-state index contributed by atoms with van der Waals surface area (Å²) in [5.41, 5.74) is 12.2. The van der Waals surface area contributed by atoms with Gasteiger partial charge in [0, 0.05) is 166 Å². The van der Waals surface area contributed by atoms with Gasteiger partial charge in [-0.3, -0.25) is 14.6 Å². The van der Waals surface area contributed by atoms with Gasteiger partial charge >= 0.3 is 0 Å². The first-order chi connectivity index (χ1) is 56.9. The van der Waals surface area contributed by atoms with Crippen molar-refractivity contribution in [3.05, 3.63) is 163 Å². The van der Waals surface area contributed by atoms with Crippen molar-refractivity contribution < 1.29 is 47.7 Å². The molecule has 35 heteroatoms. The quantitative estimate of drug-likeness (QED) is 0.0189. The molecule has 4 aliphatic carbocycles. The van der Waals surface area contributed by atoms with Gasteiger partial charge in [0.25, 0.3) is 5.91 Å². The van der Waals surface area contributed by atoms with E-state index in [9.17, 15) is 43.3 Å². The van der Waals surface area contributed by atoms with E-state index in [4.69, 9.17) is 9.68 Å². The van der Waals surface area contributed by atoms with Crippen LogP contribution in [0, 0.1) is 35.0 Å². The molecular weight excluding hydrogens is 1620 g/mol. The van der Waals surface area contributed by atoms with E-state index in [1.54, 1.807) is 84.1 Å². The third-order valence-electron chi connectivity index (χ3n) is 21.7. The Morgan fingerprint density at radius 1 is 0.500 bits per heavy atom. The molecule has 0 radical (unpaired) electrons. The molecule has 0 bridgehead atoms. The molecule has 4 aliphatic rings. The van der Waals surface area contributed by atoms with Crippen LogP contribution in [0.4, 0.5) is 22.7 Å². The van der Waals surface area contributed by atoms with Crippen LogP contribution in [0.2, 0.25) is 0 Å². The number of hydrogen-bond acceptors (Lipinski definition) is 26. The number of oxazole rings is 1. The number of H-pyrrole nitrogens is 4. The lowest BCUT2D eigenvalue weighted by Gasteiger charge is -2.37. The molecule has 17 rings (SSSR count). The number of Topliss-reactive ketones (excluding diaryl/α,β-unsaturated/α-hetero) is 1. The molecule has 0 aliphatic heterocycles. The number of pyridine rings is 5. The molecule has 0 saturated heterocycles. The van der Waals surface area contributed by atoms with Crippen LogP contribution in [-0.4, -0.2) is 177 Å². The van der Waals surface area contributed by atoms with Gasteiger partial charge in [0.2, 0.25) is 5.89 Å². The van der Waals surface area contributed by atoms with E-state index in [0.717, 1.165) is 145 Å². The van der Waals surface area contributed by atoms with Crippen molar-refractivity contribution in [2.45, 2.75) is 134 Å². The highest BCUT2D eigenvalue weighted by atomic mass is 32.2. The smallest absolute Gasteiger partial charge is 0.272 e. The molecular formula is C83H94N18O11S6. The monoisotopic (exact) mass is 1710 g/mol. The molecule has 0 spiro atoms. The van der Waals surface area contributed by atoms with Crippen LogP contribution in [0.15, 0.2) is 155 Å². The van der Waals surface area contributed by atoms with Crippen molar-refractivity contribution in [2.75, 3.05) is 68.6 Å². The number of benzene rings is 1. The minimum absolute atomic E-state index is 0.0731. The second-order valence-electron chi connectivity index (χ2n) is 30.6. The van der Waals surface area contributed by atoms with Crippen LogP contribution < -0.4 is 26.6 Å². The summed E-state index contributed by atoms with van der Waals surface area (Å²) in [4.78, 5) is 72.2. The number of rotatable bonds is 30. The van der Waals surface area contributed by atoms with Gasteiger partial charge in [-0.1, -0.05) is 33.8 Å². The Hall–Kier alpha value is -10.8. The molecule has 1 aromatic carbocycles. The van der Waals surface area contributed by atoms with Crippen molar-refractivity contribution in [1.29, 1.82) is 5.26 Å². The van der Waals surface area contributed by atoms with Crippen molar-refractivity contribution in [1.82, 2.24) is 65.1 Å². The number of amides is 1. The predicted octanol–water partition coefficient (Wildman–Crippen LogP) is 14.7. The van der Waals surface area contributed by atoms with Crippen LogP contribution in [0.3, 0.4) is 0 Å². The first kappa shape index (κ1) is 83.7. The third-order valence-corrected chi connectivity index (χ3v) is 31.2. The van der Waals surface area contributed by atoms with Crippen LogP contribution in [0.1, 0.15) is 131 Å². The van der Waals surface area contributed by atoms with Gasteiger partial charge in [-0.2, -0.15) is 5.26 Å². The second kappa shape index (κ2) is 36.6. The standard InChI is InChI=1S/C23H28N4O3S.C22H19N5O2S2.C20H25N5O4S.C18H22N4O2S2/c1-3-9-31(29,30)14-15-10-17(11-15)27-22-18-6-8-25-23(18)26-13-19(22)20-12-16(5-7-24-20)21(28)4-2;23-11-14-2-1-3-17(10-14)31(28,29)13-15-8-16(9-15)27-20-18-4-5-24-21(18)26-12-19(20)22-25-6-7-30-22;1-3-6-30(27,28)11-12-7-13(8-12)24-17-14-4-5-22-18(14)23-9-15(17)20-25-16(10-29-20)19(26)21-2;1-2-7-26(23,24)11-12-8-13(9-12)22-16-14-3-4-19-17(14)21-10-15(16)18-20-5-6-25-18/h5-8,12-13,15,17H,3-4,9-11,14H2,1-2H3,(H2,25,26,27);1-7,10,12,15-16H,8-9,13H2,(H2,24,26,27);4-5,9-10,12-13H,3,6-8,11H2,1-2H3,(H,21,26)(H2,22,23,24);3-6,10,12-13H,2,7-9,11H2,1H3,(H2,19,21,22). The lowest BCUT2D eigenvalue weighted by atomic mass is 9.81. The molecule has 9 N–H and O–H groups in total. The van der Waals surface area contributed by atoms with E-state index in [0.29, 0.717) is 65.5 Å². The number of aromatic nitrogens is 12. The highest BCUT2D eigenvalue weighted by Gasteiger charge is 2.38. The Morgan fingerprint density at radius 2 is 0.907 bits per heavy atom. The molecule has 13 aromatic rings. The minimum atomic E-state index is -3.42. The predicted molar refractivity (Wildman–Crippen MR) is 464 cm³/mol. The Morgan fingerprint density at radius 3 is 1.31 bits per heavy atom. The van der Waals surface area contributed by atoms with Crippen molar-refractivity contribution >= 4 is 141 Å². The lowest BCUT2D eigenvalue weighted by Crippen LogP contribution is -2.39. The van der Waals surface area contributed by atoms with Gasteiger partial charge in [0.05, 0.1) is 84.7 Å². The van der Waals surface area contributed by atoms with Crippen molar-refractivity contribution in [3.63, 3.8) is 0 Å². The molecule has 118 heavy (non-hydrogen) atoms. The number of nitriles is 1. The Labute approximate surface area is 692 Å². The molecule has 1 amide bonds. The summed E-state index contributed by atoms with van der Waals surface area (Å²) in [6.45, 7) is 7.53. The molecule has 0 atom stereocenters. The zero-order chi connectivity index (χ0) is 82.9. The van der Waals surface area contributed by atoms with E-state index in [1.165, 1.54) is 19.4 Å². The Bertz CT molecular complexity index is 6230. The number of nitrogens with one attached hydrogen (secondary N) is 9. The highest BCUT2D eigenvalue weighted by molar-refractivity contribution is 7.92. The average Bonchev–Trinajstić information content (AvgIpc) is 1.46. The zero-order valence-corrected chi connectivity index (χ0v) is 70.8. The molecule has 12 aromatic heterocycles. The largest absolute Gasteiger partial charge is 0.443 e. The number of anilines is 4. The summed E-state index contributed by atoms with van der Waals surface area (Å²) >= 11 is 3.15. The fourth-order valence-corrected chi connectivity index (χ4v) is 24.2. The first-order valence-corrected chi connectivity index (χ1v) is 48.5. The van der Waals surface area contributed by atoms with Crippen LogP contribution in [0.25, 0.3) is 88.0 Å². The normalized spacial score (nSPS) is 19.0. The number of nitrogens with zero attached hydrogens (tertiary/aromatic N) is 9. The Kier molecular flexibility index (Phi) is 26.0. The number of fused-ring (bicyclic) bond motifs is 4. The molecule has 29 nitrogen and oxygen atoms in total. The lowest BCUT2D eigenvalue weighted by molar-refractivity contribution is 0.0956. The van der Waals surface area contributed by atoms with E-state index >= 15 is 0 Å². The number of ketones is 1. The number of aromatic amines is 4. The van der Waals surface area contributed by atoms with E-state index in [1.807, 2.05) is 106 Å². The van der Waals surface area contributed by atoms with Crippen molar-refractivity contribution in [3.8, 4) is 49.9 Å².